The highest BCUT2D eigenvalue weighted by molar-refractivity contribution is 5.82. The summed E-state index contributed by atoms with van der Waals surface area (Å²) in [6.45, 7) is 5.72. The van der Waals surface area contributed by atoms with Crippen molar-refractivity contribution in [3.63, 3.8) is 0 Å². The molecule has 1 saturated carbocycles. The van der Waals surface area contributed by atoms with E-state index in [1.807, 2.05) is 0 Å². The van der Waals surface area contributed by atoms with Crippen LogP contribution in [0.15, 0.2) is 0 Å². The van der Waals surface area contributed by atoms with E-state index in [9.17, 15) is 9.59 Å². The van der Waals surface area contributed by atoms with Gasteiger partial charge in [0.2, 0.25) is 0 Å². The minimum absolute atomic E-state index is 0.181. The maximum absolute atomic E-state index is 11.3. The van der Waals surface area contributed by atoms with Crippen molar-refractivity contribution >= 4 is 12.0 Å². The van der Waals surface area contributed by atoms with E-state index in [2.05, 4.69) is 24.5 Å². The first-order valence-electron chi connectivity index (χ1n) is 5.10. The largest absolute Gasteiger partial charge is 0.480 e. The molecule has 1 fully saturated rings. The normalized spacial score (nSPS) is 21.3. The molecule has 0 aromatic rings. The number of rotatable bonds is 3. The maximum atomic E-state index is 11.3. The van der Waals surface area contributed by atoms with E-state index in [0.29, 0.717) is 5.41 Å². The molecule has 0 radical (unpaired) electrons. The summed E-state index contributed by atoms with van der Waals surface area (Å²) in [7, 11) is 0. The minimum atomic E-state index is -1.03. The smallest absolute Gasteiger partial charge is 0.325 e. The van der Waals surface area contributed by atoms with Crippen molar-refractivity contribution in [2.75, 3.05) is 0 Å². The SMILES string of the molecule is CC(NC(=O)NC1CC(C)(C)C1)C(=O)O. The second kappa shape index (κ2) is 4.08. The molecule has 0 aromatic heterocycles. The number of hydrogen-bond acceptors (Lipinski definition) is 2. The lowest BCUT2D eigenvalue weighted by atomic mass is 9.68. The zero-order valence-corrected chi connectivity index (χ0v) is 9.33. The maximum Gasteiger partial charge on any atom is 0.325 e. The third-order valence-electron chi connectivity index (χ3n) is 2.65. The Kier molecular flexibility index (Phi) is 3.21. The first kappa shape index (κ1) is 11.8. The van der Waals surface area contributed by atoms with Gasteiger partial charge in [-0.2, -0.15) is 0 Å². The molecule has 0 aromatic carbocycles. The van der Waals surface area contributed by atoms with E-state index >= 15 is 0 Å². The zero-order valence-electron chi connectivity index (χ0n) is 9.33. The molecule has 2 amide bonds. The number of carboxylic acid groups (broad SMARTS) is 1. The fraction of sp³-hybridized carbons (Fsp3) is 0.800. The Bertz CT molecular complexity index is 268. The fourth-order valence-electron chi connectivity index (χ4n) is 1.86. The van der Waals surface area contributed by atoms with Crippen molar-refractivity contribution in [2.24, 2.45) is 5.41 Å². The number of amides is 2. The quantitative estimate of drug-likeness (QED) is 0.654. The minimum Gasteiger partial charge on any atom is -0.480 e. The van der Waals surface area contributed by atoms with Crippen LogP contribution in [0.4, 0.5) is 4.79 Å². The van der Waals surface area contributed by atoms with Crippen molar-refractivity contribution in [3.8, 4) is 0 Å². The van der Waals surface area contributed by atoms with Crippen LogP contribution < -0.4 is 10.6 Å². The van der Waals surface area contributed by atoms with Crippen molar-refractivity contribution in [3.05, 3.63) is 0 Å². The van der Waals surface area contributed by atoms with Crippen molar-refractivity contribution in [2.45, 2.75) is 45.7 Å². The van der Waals surface area contributed by atoms with Crippen LogP contribution >= 0.6 is 0 Å². The van der Waals surface area contributed by atoms with Gasteiger partial charge in [-0.25, -0.2) is 4.79 Å². The summed E-state index contributed by atoms with van der Waals surface area (Å²) in [5, 5.41) is 13.7. The van der Waals surface area contributed by atoms with E-state index < -0.39 is 18.0 Å². The Morgan fingerprint density at radius 1 is 1.40 bits per heavy atom. The summed E-state index contributed by atoms with van der Waals surface area (Å²) in [5.41, 5.74) is 0.302. The third-order valence-corrected chi connectivity index (χ3v) is 2.65. The molecule has 1 atom stereocenters. The molecule has 1 aliphatic rings. The summed E-state index contributed by atoms with van der Waals surface area (Å²) in [4.78, 5) is 21.8. The van der Waals surface area contributed by atoms with Gasteiger partial charge in [0, 0.05) is 6.04 Å². The third kappa shape index (κ3) is 3.42. The monoisotopic (exact) mass is 214 g/mol. The Balaban J connectivity index is 2.23. The second-order valence-corrected chi connectivity index (χ2v) is 4.95. The topological polar surface area (TPSA) is 78.4 Å². The van der Waals surface area contributed by atoms with Gasteiger partial charge in [0.05, 0.1) is 0 Å². The van der Waals surface area contributed by atoms with Gasteiger partial charge in [0.25, 0.3) is 0 Å². The van der Waals surface area contributed by atoms with Gasteiger partial charge >= 0.3 is 12.0 Å². The molecule has 86 valence electrons. The highest BCUT2D eigenvalue weighted by Gasteiger charge is 2.36. The number of aliphatic carboxylic acids is 1. The van der Waals surface area contributed by atoms with Gasteiger partial charge in [0.1, 0.15) is 6.04 Å². The van der Waals surface area contributed by atoms with Gasteiger partial charge < -0.3 is 15.7 Å². The molecule has 0 spiro atoms. The molecule has 1 rings (SSSR count). The molecule has 15 heavy (non-hydrogen) atoms. The molecule has 0 aliphatic heterocycles. The van der Waals surface area contributed by atoms with Crippen molar-refractivity contribution in [1.82, 2.24) is 10.6 Å². The van der Waals surface area contributed by atoms with Crippen LogP contribution in [0.2, 0.25) is 0 Å². The lowest BCUT2D eigenvalue weighted by Crippen LogP contribution is -2.53. The molecule has 0 heterocycles. The molecule has 5 nitrogen and oxygen atoms in total. The summed E-state index contributed by atoms with van der Waals surface area (Å²) in [6, 6.07) is -1.07. The van der Waals surface area contributed by atoms with E-state index in [1.54, 1.807) is 0 Å². The highest BCUT2D eigenvalue weighted by atomic mass is 16.4. The molecule has 5 heteroatoms. The van der Waals surface area contributed by atoms with Crippen LogP contribution in [-0.2, 0) is 4.79 Å². The Morgan fingerprint density at radius 2 is 1.93 bits per heavy atom. The Labute approximate surface area is 89.2 Å². The highest BCUT2D eigenvalue weighted by Crippen LogP contribution is 2.39. The standard InChI is InChI=1S/C10H18N2O3/c1-6(8(13)14)11-9(15)12-7-4-10(2,3)5-7/h6-7H,4-5H2,1-3H3,(H,13,14)(H2,11,12,15). The van der Waals surface area contributed by atoms with Gasteiger partial charge in [-0.05, 0) is 25.2 Å². The number of carbonyl (C=O) groups excluding carboxylic acids is 1. The number of hydrogen-bond donors (Lipinski definition) is 3. The molecule has 0 saturated heterocycles. The van der Waals surface area contributed by atoms with Crippen LogP contribution in [0.3, 0.4) is 0 Å². The van der Waals surface area contributed by atoms with E-state index in [4.69, 9.17) is 5.11 Å². The molecule has 1 unspecified atom stereocenters. The number of carboxylic acids is 1. The van der Waals surface area contributed by atoms with Gasteiger partial charge in [-0.15, -0.1) is 0 Å². The second-order valence-electron chi connectivity index (χ2n) is 4.95. The predicted molar refractivity (Wildman–Crippen MR) is 55.6 cm³/mol. The number of urea groups is 1. The van der Waals surface area contributed by atoms with Crippen LogP contribution in [-0.4, -0.2) is 29.2 Å². The van der Waals surface area contributed by atoms with Crippen LogP contribution in [0.1, 0.15) is 33.6 Å². The molecule has 1 aliphatic carbocycles. The first-order chi connectivity index (χ1) is 6.80. The number of carbonyl (C=O) groups is 2. The Morgan fingerprint density at radius 3 is 2.33 bits per heavy atom. The van der Waals surface area contributed by atoms with Gasteiger partial charge in [-0.3, -0.25) is 4.79 Å². The van der Waals surface area contributed by atoms with Crippen LogP contribution in [0, 0.1) is 5.41 Å². The number of nitrogens with one attached hydrogen (secondary N) is 2. The van der Waals surface area contributed by atoms with Crippen LogP contribution in [0.25, 0.3) is 0 Å². The Hall–Kier alpha value is -1.26. The van der Waals surface area contributed by atoms with E-state index in [1.165, 1.54) is 6.92 Å². The summed E-state index contributed by atoms with van der Waals surface area (Å²) >= 11 is 0. The summed E-state index contributed by atoms with van der Waals surface area (Å²) in [6.07, 6.45) is 1.89. The fourth-order valence-corrected chi connectivity index (χ4v) is 1.86. The molecular weight excluding hydrogens is 196 g/mol. The van der Waals surface area contributed by atoms with Crippen LogP contribution in [0.5, 0.6) is 0 Å². The van der Waals surface area contributed by atoms with Gasteiger partial charge in [-0.1, -0.05) is 13.8 Å². The van der Waals surface area contributed by atoms with Gasteiger partial charge in [0.15, 0.2) is 0 Å². The first-order valence-corrected chi connectivity index (χ1v) is 5.10. The van der Waals surface area contributed by atoms with Crippen molar-refractivity contribution < 1.29 is 14.7 Å². The predicted octanol–water partition coefficient (Wildman–Crippen LogP) is 0.947. The average Bonchev–Trinajstić information content (AvgIpc) is 1.99. The summed E-state index contributed by atoms with van der Waals surface area (Å²) in [5.74, 6) is -1.03. The lowest BCUT2D eigenvalue weighted by Gasteiger charge is -2.42. The van der Waals surface area contributed by atoms with E-state index in [0.717, 1.165) is 12.8 Å². The molecular formula is C10H18N2O3. The zero-order chi connectivity index (χ0) is 11.6. The van der Waals surface area contributed by atoms with E-state index in [-0.39, 0.29) is 6.04 Å². The molecule has 0 bridgehead atoms. The van der Waals surface area contributed by atoms with Crippen molar-refractivity contribution in [1.29, 1.82) is 0 Å². The average molecular weight is 214 g/mol. The lowest BCUT2D eigenvalue weighted by molar-refractivity contribution is -0.138. The molecule has 3 N–H and O–H groups in total. The summed E-state index contributed by atoms with van der Waals surface area (Å²) < 4.78 is 0.